The number of hydrogen-bond acceptors (Lipinski definition) is 4. The molecule has 2 aromatic rings. The van der Waals surface area contributed by atoms with Gasteiger partial charge in [-0.25, -0.2) is 0 Å². The van der Waals surface area contributed by atoms with Crippen molar-refractivity contribution in [2.24, 2.45) is 0 Å². The molecule has 1 aromatic heterocycles. The molecule has 1 aromatic carbocycles. The molecule has 1 heterocycles. The van der Waals surface area contributed by atoms with Gasteiger partial charge in [0, 0.05) is 18.0 Å². The summed E-state index contributed by atoms with van der Waals surface area (Å²) in [4.78, 5) is 0. The molecule has 0 spiro atoms. The fraction of sp³-hybridized carbons (Fsp3) is 0.167. The van der Waals surface area contributed by atoms with Crippen LogP contribution >= 0.6 is 36.2 Å². The highest BCUT2D eigenvalue weighted by molar-refractivity contribution is 7.08. The Bertz CT molecular complexity index is 489. The summed E-state index contributed by atoms with van der Waals surface area (Å²) >= 11 is 1.63. The van der Waals surface area contributed by atoms with Gasteiger partial charge in [0.15, 0.2) is 0 Å². The van der Waals surface area contributed by atoms with Gasteiger partial charge in [-0.3, -0.25) is 0 Å². The molecular formula is C12H16Cl2N2OS. The lowest BCUT2D eigenvalue weighted by Gasteiger charge is -2.11. The predicted octanol–water partition coefficient (Wildman–Crippen LogP) is 2.96. The van der Waals surface area contributed by atoms with E-state index in [9.17, 15) is 0 Å². The van der Waals surface area contributed by atoms with E-state index in [0.717, 1.165) is 16.7 Å². The molecule has 2 rings (SSSR count). The van der Waals surface area contributed by atoms with Gasteiger partial charge in [-0.2, -0.15) is 11.3 Å². The van der Waals surface area contributed by atoms with E-state index in [0.29, 0.717) is 17.8 Å². The molecule has 100 valence electrons. The molecule has 0 fully saturated rings. The van der Waals surface area contributed by atoms with Crippen LogP contribution in [0.25, 0.3) is 11.1 Å². The first-order chi connectivity index (χ1) is 7.72. The molecular weight excluding hydrogens is 291 g/mol. The highest BCUT2D eigenvalue weighted by Crippen LogP contribution is 2.32. The van der Waals surface area contributed by atoms with Gasteiger partial charge in [-0.15, -0.1) is 24.8 Å². The number of rotatable bonds is 3. The molecule has 0 unspecified atom stereocenters. The first kappa shape index (κ1) is 17.1. The maximum atomic E-state index is 9.05. The Hall–Kier alpha value is -0.940. The number of hydrogen-bond donors (Lipinski definition) is 3. The first-order valence-electron chi connectivity index (χ1n) is 5.03. The van der Waals surface area contributed by atoms with Crippen molar-refractivity contribution < 1.29 is 5.11 Å². The first-order valence-corrected chi connectivity index (χ1v) is 5.98. The number of aliphatic hydroxyl groups is 1. The molecule has 0 saturated heterocycles. The molecule has 0 aliphatic carbocycles. The summed E-state index contributed by atoms with van der Waals surface area (Å²) in [6.07, 6.45) is 0.553. The maximum absolute atomic E-state index is 9.05. The second-order valence-electron chi connectivity index (χ2n) is 3.62. The van der Waals surface area contributed by atoms with E-state index in [1.54, 1.807) is 17.4 Å². The van der Waals surface area contributed by atoms with Crippen molar-refractivity contribution in [3.05, 3.63) is 34.5 Å². The van der Waals surface area contributed by atoms with Crippen LogP contribution in [0.1, 0.15) is 5.56 Å². The van der Waals surface area contributed by atoms with Crippen molar-refractivity contribution in [3.8, 4) is 11.1 Å². The largest absolute Gasteiger partial charge is 0.399 e. The third-order valence-electron chi connectivity index (χ3n) is 2.50. The molecule has 6 heteroatoms. The minimum Gasteiger partial charge on any atom is -0.399 e. The van der Waals surface area contributed by atoms with E-state index in [1.807, 2.05) is 17.5 Å². The van der Waals surface area contributed by atoms with Gasteiger partial charge in [0.25, 0.3) is 0 Å². The molecule has 0 aliphatic heterocycles. The zero-order valence-corrected chi connectivity index (χ0v) is 12.1. The number of aliphatic hydroxyl groups excluding tert-OH is 1. The van der Waals surface area contributed by atoms with Crippen LogP contribution < -0.4 is 11.5 Å². The summed E-state index contributed by atoms with van der Waals surface area (Å²) in [5, 5.41) is 13.1. The third-order valence-corrected chi connectivity index (χ3v) is 3.18. The summed E-state index contributed by atoms with van der Waals surface area (Å²) in [5.74, 6) is 0. The monoisotopic (exact) mass is 306 g/mol. The van der Waals surface area contributed by atoms with E-state index in [-0.39, 0.29) is 31.4 Å². The van der Waals surface area contributed by atoms with Crippen molar-refractivity contribution in [1.82, 2.24) is 0 Å². The maximum Gasteiger partial charge on any atom is 0.0472 e. The molecule has 0 aliphatic rings. The van der Waals surface area contributed by atoms with Gasteiger partial charge >= 0.3 is 0 Å². The second-order valence-corrected chi connectivity index (χ2v) is 4.40. The van der Waals surface area contributed by atoms with Gasteiger partial charge in [0.2, 0.25) is 0 Å². The van der Waals surface area contributed by atoms with E-state index in [1.165, 1.54) is 0 Å². The van der Waals surface area contributed by atoms with E-state index in [4.69, 9.17) is 16.6 Å². The minimum atomic E-state index is 0. The average molecular weight is 307 g/mol. The molecule has 0 atom stereocenters. The zero-order chi connectivity index (χ0) is 11.5. The van der Waals surface area contributed by atoms with Gasteiger partial charge in [-0.1, -0.05) is 0 Å². The van der Waals surface area contributed by atoms with Crippen LogP contribution in [0.15, 0.2) is 29.0 Å². The summed E-state index contributed by atoms with van der Waals surface area (Å²) in [6.45, 7) is 0.0885. The highest BCUT2D eigenvalue weighted by atomic mass is 35.5. The Balaban J connectivity index is 0.00000144. The quantitative estimate of drug-likeness (QED) is 0.763. The lowest BCUT2D eigenvalue weighted by atomic mass is 9.97. The molecule has 0 saturated carbocycles. The Morgan fingerprint density at radius 3 is 2.44 bits per heavy atom. The van der Waals surface area contributed by atoms with Crippen LogP contribution in [0.5, 0.6) is 0 Å². The fourth-order valence-electron chi connectivity index (χ4n) is 1.78. The van der Waals surface area contributed by atoms with Crippen molar-refractivity contribution in [2.45, 2.75) is 6.42 Å². The van der Waals surface area contributed by atoms with Gasteiger partial charge in [0.05, 0.1) is 0 Å². The predicted molar refractivity (Wildman–Crippen MR) is 83.9 cm³/mol. The van der Waals surface area contributed by atoms with Crippen LogP contribution in [0, 0.1) is 0 Å². The molecule has 5 N–H and O–H groups in total. The Morgan fingerprint density at radius 2 is 1.89 bits per heavy atom. The highest BCUT2D eigenvalue weighted by Gasteiger charge is 2.09. The molecule has 0 bridgehead atoms. The topological polar surface area (TPSA) is 72.3 Å². The molecule has 18 heavy (non-hydrogen) atoms. The molecule has 3 nitrogen and oxygen atoms in total. The molecule has 0 radical (unpaired) electrons. The lowest BCUT2D eigenvalue weighted by Crippen LogP contribution is -2.02. The van der Waals surface area contributed by atoms with Crippen molar-refractivity contribution >= 4 is 47.5 Å². The van der Waals surface area contributed by atoms with Crippen molar-refractivity contribution in [1.29, 1.82) is 0 Å². The smallest absolute Gasteiger partial charge is 0.0472 e. The Labute approximate surface area is 123 Å². The van der Waals surface area contributed by atoms with E-state index < -0.39 is 0 Å². The van der Waals surface area contributed by atoms with Crippen LogP contribution in [-0.2, 0) is 6.42 Å². The zero-order valence-electron chi connectivity index (χ0n) is 9.63. The van der Waals surface area contributed by atoms with Gasteiger partial charge in [0.1, 0.15) is 0 Å². The average Bonchev–Trinajstić information content (AvgIpc) is 2.75. The number of anilines is 2. The van der Waals surface area contributed by atoms with Crippen molar-refractivity contribution in [2.75, 3.05) is 18.1 Å². The number of benzene rings is 1. The second kappa shape index (κ2) is 7.48. The SMILES string of the molecule is Cl.Cl.Nc1cc(N)c(CCO)c(-c2ccsc2)c1. The van der Waals surface area contributed by atoms with Crippen LogP contribution in [0.4, 0.5) is 11.4 Å². The normalized spacial score (nSPS) is 9.39. The number of nitrogens with two attached hydrogens (primary N) is 2. The lowest BCUT2D eigenvalue weighted by molar-refractivity contribution is 0.300. The summed E-state index contributed by atoms with van der Waals surface area (Å²) < 4.78 is 0. The Morgan fingerprint density at radius 1 is 1.17 bits per heavy atom. The van der Waals surface area contributed by atoms with E-state index >= 15 is 0 Å². The van der Waals surface area contributed by atoms with Crippen LogP contribution in [0.2, 0.25) is 0 Å². The van der Waals surface area contributed by atoms with Gasteiger partial charge < -0.3 is 16.6 Å². The van der Waals surface area contributed by atoms with E-state index in [2.05, 4.69) is 5.38 Å². The summed E-state index contributed by atoms with van der Waals surface area (Å²) in [7, 11) is 0. The standard InChI is InChI=1S/C12H14N2OS.2ClH/c13-9-5-11(8-2-4-16-7-8)10(1-3-15)12(14)6-9;;/h2,4-7,15H,1,3,13-14H2;2*1H. The Kier molecular flexibility index (Phi) is 7.09. The van der Waals surface area contributed by atoms with Crippen molar-refractivity contribution in [3.63, 3.8) is 0 Å². The third kappa shape index (κ3) is 3.53. The summed E-state index contributed by atoms with van der Waals surface area (Å²) in [5.41, 5.74) is 16.1. The fourth-order valence-corrected chi connectivity index (χ4v) is 2.44. The van der Waals surface area contributed by atoms with Crippen LogP contribution in [0.3, 0.4) is 0 Å². The number of thiophene rings is 1. The number of nitrogen functional groups attached to an aromatic ring is 2. The van der Waals surface area contributed by atoms with Gasteiger partial charge in [-0.05, 0) is 52.1 Å². The number of halogens is 2. The molecule has 0 amide bonds. The minimum absolute atomic E-state index is 0. The summed E-state index contributed by atoms with van der Waals surface area (Å²) in [6, 6.07) is 5.67. The van der Waals surface area contributed by atoms with Crippen LogP contribution in [-0.4, -0.2) is 11.7 Å².